The highest BCUT2D eigenvalue weighted by atomic mass is 14.2. The predicted molar refractivity (Wildman–Crippen MR) is 136 cm³/mol. The maximum Gasteiger partial charge on any atom is -0.0162 e. The monoisotopic (exact) mass is 414 g/mol. The lowest BCUT2D eigenvalue weighted by Crippen LogP contribution is -2.10. The van der Waals surface area contributed by atoms with Crippen LogP contribution in [-0.4, -0.2) is 0 Å². The highest BCUT2D eigenvalue weighted by Gasteiger charge is 2.19. The Morgan fingerprint density at radius 3 is 1.97 bits per heavy atom. The van der Waals surface area contributed by atoms with E-state index in [0.29, 0.717) is 0 Å². The molecule has 0 nitrogen and oxygen atoms in total. The van der Waals surface area contributed by atoms with Crippen LogP contribution in [-0.2, 0) is 0 Å². The van der Waals surface area contributed by atoms with Gasteiger partial charge in [-0.3, -0.25) is 0 Å². The molecule has 0 amide bonds. The normalized spacial score (nSPS) is 24.1. The summed E-state index contributed by atoms with van der Waals surface area (Å²) in [6.07, 6.45) is 19.0. The van der Waals surface area contributed by atoms with Crippen molar-refractivity contribution >= 4 is 5.57 Å². The van der Waals surface area contributed by atoms with Crippen LogP contribution in [0.5, 0.6) is 0 Å². The van der Waals surface area contributed by atoms with Gasteiger partial charge in [-0.05, 0) is 77.7 Å². The van der Waals surface area contributed by atoms with Crippen molar-refractivity contribution in [1.82, 2.24) is 0 Å². The van der Waals surface area contributed by atoms with Crippen LogP contribution in [0.15, 0.2) is 54.6 Å². The first-order valence-electron chi connectivity index (χ1n) is 13.1. The lowest BCUT2D eigenvalue weighted by atomic mass is 9.79. The van der Waals surface area contributed by atoms with Gasteiger partial charge in [0.05, 0.1) is 0 Å². The second kappa shape index (κ2) is 11.2. The van der Waals surface area contributed by atoms with Gasteiger partial charge in [0.25, 0.3) is 0 Å². The van der Waals surface area contributed by atoms with Gasteiger partial charge in [-0.2, -0.15) is 0 Å². The third-order valence-corrected chi connectivity index (χ3v) is 7.97. The molecule has 166 valence electrons. The quantitative estimate of drug-likeness (QED) is 0.377. The van der Waals surface area contributed by atoms with Gasteiger partial charge in [-0.1, -0.05) is 113 Å². The molecule has 0 aliphatic heterocycles. The Kier molecular flexibility index (Phi) is 8.06. The first-order valence-corrected chi connectivity index (χ1v) is 13.1. The molecule has 4 rings (SSSR count). The topological polar surface area (TPSA) is 0 Å². The Bertz CT molecular complexity index is 815. The number of hydrogen-bond donors (Lipinski definition) is 0. The lowest BCUT2D eigenvalue weighted by Gasteiger charge is -2.26. The summed E-state index contributed by atoms with van der Waals surface area (Å²) < 4.78 is 0. The molecular formula is C31H42. The molecule has 0 spiro atoms. The molecule has 0 radical (unpaired) electrons. The number of hydrogen-bond acceptors (Lipinski definition) is 0. The summed E-state index contributed by atoms with van der Waals surface area (Å²) in [7, 11) is 0. The van der Waals surface area contributed by atoms with Gasteiger partial charge in [0.2, 0.25) is 0 Å². The van der Waals surface area contributed by atoms with E-state index in [1.54, 1.807) is 11.1 Å². The maximum atomic E-state index is 2.53. The van der Waals surface area contributed by atoms with Gasteiger partial charge >= 0.3 is 0 Å². The van der Waals surface area contributed by atoms with Crippen molar-refractivity contribution in [3.63, 3.8) is 0 Å². The van der Waals surface area contributed by atoms with Crippen LogP contribution >= 0.6 is 0 Å². The molecule has 1 fully saturated rings. The fraction of sp³-hybridized carbons (Fsp3) is 0.548. The van der Waals surface area contributed by atoms with E-state index in [2.05, 4.69) is 68.5 Å². The fourth-order valence-electron chi connectivity index (χ4n) is 5.69. The van der Waals surface area contributed by atoms with E-state index in [-0.39, 0.29) is 0 Å². The van der Waals surface area contributed by atoms with Crippen molar-refractivity contribution in [2.24, 2.45) is 11.8 Å². The third-order valence-electron chi connectivity index (χ3n) is 7.97. The molecule has 0 heteroatoms. The van der Waals surface area contributed by atoms with Crippen LogP contribution in [0.1, 0.15) is 108 Å². The third kappa shape index (κ3) is 6.12. The molecule has 1 unspecified atom stereocenters. The van der Waals surface area contributed by atoms with Gasteiger partial charge < -0.3 is 0 Å². The first kappa shape index (κ1) is 22.4. The number of benzene rings is 2. The minimum atomic E-state index is 0.779. The van der Waals surface area contributed by atoms with Crippen LogP contribution < -0.4 is 0 Å². The zero-order valence-electron chi connectivity index (χ0n) is 19.9. The van der Waals surface area contributed by atoms with Gasteiger partial charge in [0.15, 0.2) is 0 Å². The molecule has 0 heterocycles. The molecule has 0 N–H and O–H groups in total. The van der Waals surface area contributed by atoms with E-state index >= 15 is 0 Å². The SMILES string of the molecule is CCCCCCC1CC=C(c2ccc(-c3ccc([C@H]4CC[C@H](C)CC4)cc3)cc2)CC1. The molecule has 2 aliphatic rings. The summed E-state index contributed by atoms with van der Waals surface area (Å²) in [5.41, 5.74) is 7.24. The molecule has 0 saturated heterocycles. The van der Waals surface area contributed by atoms with Crippen LogP contribution in [0.25, 0.3) is 16.7 Å². The Balaban J connectivity index is 1.32. The molecule has 2 aliphatic carbocycles. The molecule has 2 aromatic rings. The zero-order valence-corrected chi connectivity index (χ0v) is 19.9. The summed E-state index contributed by atoms with van der Waals surface area (Å²) in [4.78, 5) is 0. The summed E-state index contributed by atoms with van der Waals surface area (Å²) >= 11 is 0. The van der Waals surface area contributed by atoms with Crippen molar-refractivity contribution in [1.29, 1.82) is 0 Å². The maximum absolute atomic E-state index is 2.53. The first-order chi connectivity index (χ1) is 15.2. The Labute approximate surface area is 191 Å². The number of unbranched alkanes of at least 4 members (excludes halogenated alkanes) is 3. The second-order valence-corrected chi connectivity index (χ2v) is 10.4. The lowest BCUT2D eigenvalue weighted by molar-refractivity contribution is 0.348. The van der Waals surface area contributed by atoms with Crippen molar-refractivity contribution in [2.45, 2.75) is 96.8 Å². The van der Waals surface area contributed by atoms with E-state index < -0.39 is 0 Å². The van der Waals surface area contributed by atoms with Crippen molar-refractivity contribution in [3.05, 3.63) is 65.7 Å². The fourth-order valence-corrected chi connectivity index (χ4v) is 5.69. The highest BCUT2D eigenvalue weighted by molar-refractivity contribution is 5.71. The van der Waals surface area contributed by atoms with Crippen molar-refractivity contribution in [2.75, 3.05) is 0 Å². The smallest absolute Gasteiger partial charge is 0.0162 e. The van der Waals surface area contributed by atoms with Crippen molar-refractivity contribution < 1.29 is 0 Å². The average Bonchev–Trinajstić information content (AvgIpc) is 2.83. The summed E-state index contributed by atoms with van der Waals surface area (Å²) in [6, 6.07) is 18.8. The van der Waals surface area contributed by atoms with Crippen LogP contribution in [0.2, 0.25) is 0 Å². The van der Waals surface area contributed by atoms with Gasteiger partial charge in [-0.25, -0.2) is 0 Å². The minimum Gasteiger partial charge on any atom is -0.0804 e. The van der Waals surface area contributed by atoms with E-state index in [9.17, 15) is 0 Å². The summed E-state index contributed by atoms with van der Waals surface area (Å²) in [5, 5.41) is 0. The highest BCUT2D eigenvalue weighted by Crippen LogP contribution is 2.37. The average molecular weight is 415 g/mol. The van der Waals surface area contributed by atoms with Crippen molar-refractivity contribution in [3.8, 4) is 11.1 Å². The molecule has 0 aromatic heterocycles. The zero-order chi connectivity index (χ0) is 21.5. The summed E-state index contributed by atoms with van der Waals surface area (Å²) in [5.74, 6) is 2.62. The van der Waals surface area contributed by atoms with Crippen LogP contribution in [0.4, 0.5) is 0 Å². The Morgan fingerprint density at radius 2 is 1.35 bits per heavy atom. The van der Waals surface area contributed by atoms with Gasteiger partial charge in [0.1, 0.15) is 0 Å². The largest absolute Gasteiger partial charge is 0.0804 e. The van der Waals surface area contributed by atoms with E-state index in [0.717, 1.165) is 17.8 Å². The number of allylic oxidation sites excluding steroid dienone is 2. The predicted octanol–water partition coefficient (Wildman–Crippen LogP) is 9.80. The minimum absolute atomic E-state index is 0.779. The van der Waals surface area contributed by atoms with E-state index in [4.69, 9.17) is 0 Å². The Hall–Kier alpha value is -1.82. The Morgan fingerprint density at radius 1 is 0.710 bits per heavy atom. The van der Waals surface area contributed by atoms with E-state index in [1.165, 1.54) is 93.7 Å². The van der Waals surface area contributed by atoms with Gasteiger partial charge in [0, 0.05) is 0 Å². The van der Waals surface area contributed by atoms with E-state index in [1.807, 2.05) is 0 Å². The molecule has 2 aromatic carbocycles. The summed E-state index contributed by atoms with van der Waals surface area (Å²) in [6.45, 7) is 4.70. The second-order valence-electron chi connectivity index (χ2n) is 10.4. The number of rotatable bonds is 8. The molecule has 1 atom stereocenters. The molecule has 1 saturated carbocycles. The van der Waals surface area contributed by atoms with Crippen LogP contribution in [0.3, 0.4) is 0 Å². The van der Waals surface area contributed by atoms with Crippen LogP contribution in [0, 0.1) is 11.8 Å². The molecular weight excluding hydrogens is 372 g/mol. The molecule has 0 bridgehead atoms. The van der Waals surface area contributed by atoms with Gasteiger partial charge in [-0.15, -0.1) is 0 Å². The molecule has 31 heavy (non-hydrogen) atoms. The standard InChI is InChI=1S/C31H42/c1-3-4-5-6-7-25-10-14-27(15-11-25)29-18-22-31(23-19-29)30-20-16-28(17-21-30)26-12-8-24(2)9-13-26/h14,16-26H,3-13,15H2,1-2H3/t24-,25?,26-.